The number of hydrogen-bond acceptors (Lipinski definition) is 3. The Morgan fingerprint density at radius 2 is 1.86 bits per heavy atom. The summed E-state index contributed by atoms with van der Waals surface area (Å²) < 4.78 is 0. The SMILES string of the molecule is CCN(Cc1ccccc1)C(=O)CN1CCN(C=O)CC1. The molecule has 1 aliphatic heterocycles. The van der Waals surface area contributed by atoms with Crippen molar-refractivity contribution in [3.8, 4) is 0 Å². The highest BCUT2D eigenvalue weighted by molar-refractivity contribution is 5.78. The van der Waals surface area contributed by atoms with E-state index in [0.29, 0.717) is 32.7 Å². The molecule has 0 radical (unpaired) electrons. The van der Waals surface area contributed by atoms with E-state index in [0.717, 1.165) is 25.1 Å². The van der Waals surface area contributed by atoms with Gasteiger partial charge in [-0.05, 0) is 12.5 Å². The first-order valence-corrected chi connectivity index (χ1v) is 7.46. The fourth-order valence-corrected chi connectivity index (χ4v) is 2.50. The molecule has 0 saturated carbocycles. The molecule has 1 fully saturated rings. The van der Waals surface area contributed by atoms with Gasteiger partial charge in [-0.25, -0.2) is 0 Å². The van der Waals surface area contributed by atoms with Crippen LogP contribution in [-0.2, 0) is 16.1 Å². The van der Waals surface area contributed by atoms with Crippen LogP contribution in [-0.4, -0.2) is 66.3 Å². The quantitative estimate of drug-likeness (QED) is 0.728. The molecule has 0 spiro atoms. The summed E-state index contributed by atoms with van der Waals surface area (Å²) in [4.78, 5) is 28.8. The van der Waals surface area contributed by atoms with E-state index in [1.165, 1.54) is 0 Å². The Balaban J connectivity index is 1.84. The predicted molar refractivity (Wildman–Crippen MR) is 81.6 cm³/mol. The molecule has 0 N–H and O–H groups in total. The molecule has 2 amide bonds. The Hall–Kier alpha value is -1.88. The molecule has 114 valence electrons. The van der Waals surface area contributed by atoms with Gasteiger partial charge >= 0.3 is 0 Å². The van der Waals surface area contributed by atoms with Gasteiger partial charge in [0, 0.05) is 39.3 Å². The van der Waals surface area contributed by atoms with Crippen molar-refractivity contribution in [1.82, 2.24) is 14.7 Å². The Kier molecular flexibility index (Phi) is 5.75. The summed E-state index contributed by atoms with van der Waals surface area (Å²) in [5, 5.41) is 0. The van der Waals surface area contributed by atoms with Crippen LogP contribution in [0, 0.1) is 0 Å². The van der Waals surface area contributed by atoms with Crippen LogP contribution in [0.15, 0.2) is 30.3 Å². The van der Waals surface area contributed by atoms with E-state index in [-0.39, 0.29) is 5.91 Å². The number of nitrogens with zero attached hydrogens (tertiary/aromatic N) is 3. The Bertz CT molecular complexity index is 456. The maximum Gasteiger partial charge on any atom is 0.237 e. The molecule has 0 aromatic heterocycles. The molecule has 0 aliphatic carbocycles. The fraction of sp³-hybridized carbons (Fsp3) is 0.500. The summed E-state index contributed by atoms with van der Waals surface area (Å²) >= 11 is 0. The Labute approximate surface area is 126 Å². The molecule has 2 rings (SSSR count). The lowest BCUT2D eigenvalue weighted by atomic mass is 10.2. The normalized spacial score (nSPS) is 15.8. The molecule has 21 heavy (non-hydrogen) atoms. The number of carbonyl (C=O) groups is 2. The third-order valence-electron chi connectivity index (χ3n) is 3.87. The van der Waals surface area contributed by atoms with Gasteiger partial charge in [0.15, 0.2) is 0 Å². The van der Waals surface area contributed by atoms with Gasteiger partial charge in [-0.1, -0.05) is 30.3 Å². The lowest BCUT2D eigenvalue weighted by molar-refractivity contribution is -0.133. The molecule has 1 aromatic carbocycles. The van der Waals surface area contributed by atoms with Gasteiger partial charge in [0.25, 0.3) is 0 Å². The first-order chi connectivity index (χ1) is 10.2. The average Bonchev–Trinajstić information content (AvgIpc) is 2.54. The molecular formula is C16H23N3O2. The summed E-state index contributed by atoms with van der Waals surface area (Å²) in [6, 6.07) is 10.0. The van der Waals surface area contributed by atoms with Gasteiger partial charge in [-0.2, -0.15) is 0 Å². The van der Waals surface area contributed by atoms with Crippen LogP contribution in [0.1, 0.15) is 12.5 Å². The number of amides is 2. The number of rotatable bonds is 6. The largest absolute Gasteiger partial charge is 0.343 e. The maximum atomic E-state index is 12.4. The lowest BCUT2D eigenvalue weighted by Gasteiger charge is -2.33. The molecular weight excluding hydrogens is 266 g/mol. The highest BCUT2D eigenvalue weighted by Gasteiger charge is 2.20. The van der Waals surface area contributed by atoms with Gasteiger partial charge in [0.2, 0.25) is 12.3 Å². The summed E-state index contributed by atoms with van der Waals surface area (Å²) in [6.07, 6.45) is 0.882. The smallest absolute Gasteiger partial charge is 0.237 e. The Morgan fingerprint density at radius 1 is 1.19 bits per heavy atom. The second-order valence-electron chi connectivity index (χ2n) is 5.31. The second-order valence-corrected chi connectivity index (χ2v) is 5.31. The molecule has 1 aliphatic rings. The molecule has 5 heteroatoms. The van der Waals surface area contributed by atoms with Crippen molar-refractivity contribution in [3.05, 3.63) is 35.9 Å². The van der Waals surface area contributed by atoms with Crippen molar-refractivity contribution in [1.29, 1.82) is 0 Å². The molecule has 1 saturated heterocycles. The zero-order valence-corrected chi connectivity index (χ0v) is 12.6. The summed E-state index contributed by atoms with van der Waals surface area (Å²) in [7, 11) is 0. The van der Waals surface area contributed by atoms with E-state index in [9.17, 15) is 9.59 Å². The zero-order chi connectivity index (χ0) is 15.1. The minimum atomic E-state index is 0.154. The predicted octanol–water partition coefficient (Wildman–Crippen LogP) is 0.809. The van der Waals surface area contributed by atoms with Gasteiger partial charge in [-0.3, -0.25) is 14.5 Å². The molecule has 0 atom stereocenters. The van der Waals surface area contributed by atoms with Crippen LogP contribution in [0.2, 0.25) is 0 Å². The number of likely N-dealkylation sites (N-methyl/N-ethyl adjacent to an activating group) is 1. The van der Waals surface area contributed by atoms with Crippen LogP contribution in [0.5, 0.6) is 0 Å². The first kappa shape index (κ1) is 15.5. The van der Waals surface area contributed by atoms with Crippen molar-refractivity contribution >= 4 is 12.3 Å². The van der Waals surface area contributed by atoms with E-state index in [1.54, 1.807) is 4.90 Å². The van der Waals surface area contributed by atoms with Crippen LogP contribution in [0.3, 0.4) is 0 Å². The minimum absolute atomic E-state index is 0.154. The third-order valence-corrected chi connectivity index (χ3v) is 3.87. The monoisotopic (exact) mass is 289 g/mol. The van der Waals surface area contributed by atoms with Crippen LogP contribution in [0.4, 0.5) is 0 Å². The van der Waals surface area contributed by atoms with Gasteiger partial charge < -0.3 is 9.80 Å². The molecule has 1 aromatic rings. The summed E-state index contributed by atoms with van der Waals surface area (Å²) in [5.41, 5.74) is 1.15. The summed E-state index contributed by atoms with van der Waals surface area (Å²) in [5.74, 6) is 0.154. The molecule has 1 heterocycles. The van der Waals surface area contributed by atoms with Crippen molar-refractivity contribution < 1.29 is 9.59 Å². The number of carbonyl (C=O) groups excluding carboxylic acids is 2. The lowest BCUT2D eigenvalue weighted by Crippen LogP contribution is -2.49. The van der Waals surface area contributed by atoms with Crippen LogP contribution < -0.4 is 0 Å². The van der Waals surface area contributed by atoms with E-state index in [4.69, 9.17) is 0 Å². The standard InChI is InChI=1S/C16H23N3O2/c1-2-19(12-15-6-4-3-5-7-15)16(21)13-17-8-10-18(14-20)11-9-17/h3-7,14H,2,8-13H2,1H3. The fourth-order valence-electron chi connectivity index (χ4n) is 2.50. The highest BCUT2D eigenvalue weighted by atomic mass is 16.2. The topological polar surface area (TPSA) is 43.9 Å². The number of benzene rings is 1. The first-order valence-electron chi connectivity index (χ1n) is 7.46. The van der Waals surface area contributed by atoms with Crippen LogP contribution >= 0.6 is 0 Å². The van der Waals surface area contributed by atoms with Crippen molar-refractivity contribution in [2.75, 3.05) is 39.3 Å². The van der Waals surface area contributed by atoms with Crippen LogP contribution in [0.25, 0.3) is 0 Å². The van der Waals surface area contributed by atoms with Gasteiger partial charge in [-0.15, -0.1) is 0 Å². The number of hydrogen-bond donors (Lipinski definition) is 0. The molecule has 0 bridgehead atoms. The van der Waals surface area contributed by atoms with E-state index in [1.807, 2.05) is 42.2 Å². The van der Waals surface area contributed by atoms with E-state index in [2.05, 4.69) is 4.90 Å². The number of piperazine rings is 1. The minimum Gasteiger partial charge on any atom is -0.343 e. The van der Waals surface area contributed by atoms with Crippen molar-refractivity contribution in [2.45, 2.75) is 13.5 Å². The van der Waals surface area contributed by atoms with Crippen molar-refractivity contribution in [3.63, 3.8) is 0 Å². The highest BCUT2D eigenvalue weighted by Crippen LogP contribution is 2.06. The van der Waals surface area contributed by atoms with Gasteiger partial charge in [0.05, 0.1) is 6.54 Å². The third kappa shape index (κ3) is 4.56. The Morgan fingerprint density at radius 3 is 2.43 bits per heavy atom. The maximum absolute atomic E-state index is 12.4. The van der Waals surface area contributed by atoms with Gasteiger partial charge in [0.1, 0.15) is 0 Å². The average molecular weight is 289 g/mol. The zero-order valence-electron chi connectivity index (χ0n) is 12.6. The van der Waals surface area contributed by atoms with E-state index < -0.39 is 0 Å². The molecule has 0 unspecified atom stereocenters. The second kappa shape index (κ2) is 7.78. The van der Waals surface area contributed by atoms with Crippen molar-refractivity contribution in [2.24, 2.45) is 0 Å². The van der Waals surface area contributed by atoms with E-state index >= 15 is 0 Å². The molecule has 5 nitrogen and oxygen atoms in total. The summed E-state index contributed by atoms with van der Waals surface area (Å²) in [6.45, 7) is 6.77.